The molecule has 4 nitrogen and oxygen atoms in total. The van der Waals surface area contributed by atoms with Gasteiger partial charge >= 0.3 is 0 Å². The lowest BCUT2D eigenvalue weighted by molar-refractivity contribution is -0.0113. The summed E-state index contributed by atoms with van der Waals surface area (Å²) in [6.45, 7) is 11.9. The summed E-state index contributed by atoms with van der Waals surface area (Å²) in [5, 5.41) is 8.09. The lowest BCUT2D eigenvalue weighted by atomic mass is 9.83. The van der Waals surface area contributed by atoms with Crippen LogP contribution in [0.25, 0.3) is 0 Å². The van der Waals surface area contributed by atoms with Crippen molar-refractivity contribution in [2.24, 2.45) is 12.5 Å². The van der Waals surface area contributed by atoms with E-state index in [4.69, 9.17) is 4.74 Å². The van der Waals surface area contributed by atoms with Gasteiger partial charge in [0, 0.05) is 32.3 Å². The molecule has 0 aromatic carbocycles. The first-order chi connectivity index (χ1) is 9.29. The zero-order valence-electron chi connectivity index (χ0n) is 14.2. The molecule has 0 bridgehead atoms. The second-order valence-corrected chi connectivity index (χ2v) is 6.69. The van der Waals surface area contributed by atoms with E-state index in [1.165, 1.54) is 5.69 Å². The van der Waals surface area contributed by atoms with Crippen LogP contribution in [0.3, 0.4) is 0 Å². The van der Waals surface area contributed by atoms with E-state index >= 15 is 0 Å². The molecule has 2 atom stereocenters. The van der Waals surface area contributed by atoms with Crippen LogP contribution in [0, 0.1) is 12.3 Å². The predicted molar refractivity (Wildman–Crippen MR) is 84.0 cm³/mol. The van der Waals surface area contributed by atoms with Gasteiger partial charge in [0.1, 0.15) is 0 Å². The van der Waals surface area contributed by atoms with Crippen molar-refractivity contribution in [3.63, 3.8) is 0 Å². The maximum absolute atomic E-state index is 5.80. The summed E-state index contributed by atoms with van der Waals surface area (Å²) in [6.07, 6.45) is 2.23. The molecule has 0 aliphatic carbocycles. The van der Waals surface area contributed by atoms with Gasteiger partial charge in [-0.15, -0.1) is 0 Å². The van der Waals surface area contributed by atoms with Crippen LogP contribution in [0.5, 0.6) is 0 Å². The third kappa shape index (κ3) is 4.60. The Labute approximate surface area is 123 Å². The van der Waals surface area contributed by atoms with Crippen LogP contribution in [0.4, 0.5) is 0 Å². The van der Waals surface area contributed by atoms with Crippen molar-refractivity contribution in [1.29, 1.82) is 0 Å². The Morgan fingerprint density at radius 3 is 2.45 bits per heavy atom. The molecule has 0 aliphatic rings. The number of hydrogen-bond acceptors (Lipinski definition) is 3. The fourth-order valence-electron chi connectivity index (χ4n) is 2.82. The van der Waals surface area contributed by atoms with Gasteiger partial charge in [-0.2, -0.15) is 5.10 Å². The third-order valence-electron chi connectivity index (χ3n) is 3.66. The van der Waals surface area contributed by atoms with Gasteiger partial charge in [0.2, 0.25) is 0 Å². The van der Waals surface area contributed by atoms with Crippen molar-refractivity contribution in [2.75, 3.05) is 13.7 Å². The molecule has 0 saturated heterocycles. The first-order valence-corrected chi connectivity index (χ1v) is 7.55. The van der Waals surface area contributed by atoms with E-state index in [1.807, 2.05) is 25.8 Å². The highest BCUT2D eigenvalue weighted by Crippen LogP contribution is 2.26. The Balaban J connectivity index is 2.90. The predicted octanol–water partition coefficient (Wildman–Crippen LogP) is 2.70. The average Bonchev–Trinajstić information content (AvgIpc) is 2.63. The average molecular weight is 281 g/mol. The molecule has 0 spiro atoms. The zero-order valence-corrected chi connectivity index (χ0v) is 14.2. The number of aryl methyl sites for hydroxylation is 2. The smallest absolute Gasteiger partial charge is 0.0776 e. The molecule has 0 amide bonds. The Bertz CT molecular complexity index is 406. The Morgan fingerprint density at radius 2 is 2.05 bits per heavy atom. The molecule has 1 heterocycles. The first-order valence-electron chi connectivity index (χ1n) is 7.55. The van der Waals surface area contributed by atoms with E-state index in [0.717, 1.165) is 25.1 Å². The number of methoxy groups -OCH3 is 1. The maximum atomic E-state index is 5.80. The largest absolute Gasteiger partial charge is 0.379 e. The third-order valence-corrected chi connectivity index (χ3v) is 3.66. The summed E-state index contributed by atoms with van der Waals surface area (Å²) in [5.41, 5.74) is 2.43. The van der Waals surface area contributed by atoms with Gasteiger partial charge in [-0.25, -0.2) is 0 Å². The fraction of sp³-hybridized carbons (Fsp3) is 0.812. The number of aromatic nitrogens is 2. The number of hydrogen-bond donors (Lipinski definition) is 1. The molecule has 2 unspecified atom stereocenters. The van der Waals surface area contributed by atoms with E-state index in [1.54, 1.807) is 0 Å². The Morgan fingerprint density at radius 1 is 1.40 bits per heavy atom. The van der Waals surface area contributed by atoms with Crippen molar-refractivity contribution in [3.05, 3.63) is 17.5 Å². The van der Waals surface area contributed by atoms with Crippen molar-refractivity contribution >= 4 is 0 Å². The summed E-state index contributed by atoms with van der Waals surface area (Å²) in [7, 11) is 3.82. The lowest BCUT2D eigenvalue weighted by Crippen LogP contribution is -2.49. The van der Waals surface area contributed by atoms with Crippen molar-refractivity contribution in [2.45, 2.75) is 59.6 Å². The van der Waals surface area contributed by atoms with Gasteiger partial charge in [0.25, 0.3) is 0 Å². The second-order valence-electron chi connectivity index (χ2n) is 6.69. The molecule has 0 saturated carbocycles. The zero-order chi connectivity index (χ0) is 15.3. The second kappa shape index (κ2) is 7.23. The molecule has 1 N–H and O–H groups in total. The standard InChI is InChI=1S/C16H31N3O/c1-8-9-17-14(15(20-7)16(3,4)5)11-13-10-12(2)18-19(13)6/h10,14-15,17H,8-9,11H2,1-7H3. The van der Waals surface area contributed by atoms with Crippen LogP contribution < -0.4 is 5.32 Å². The Kier molecular flexibility index (Phi) is 6.21. The molecule has 1 aromatic rings. The van der Waals surface area contributed by atoms with Gasteiger partial charge in [0.15, 0.2) is 0 Å². The summed E-state index contributed by atoms with van der Waals surface area (Å²) in [5.74, 6) is 0. The molecule has 0 aliphatic heterocycles. The summed E-state index contributed by atoms with van der Waals surface area (Å²) < 4.78 is 7.78. The van der Waals surface area contributed by atoms with Crippen molar-refractivity contribution in [1.82, 2.24) is 15.1 Å². The monoisotopic (exact) mass is 281 g/mol. The van der Waals surface area contributed by atoms with Gasteiger partial charge in [-0.05, 0) is 31.4 Å². The van der Waals surface area contributed by atoms with E-state index in [2.05, 4.69) is 44.2 Å². The lowest BCUT2D eigenvalue weighted by Gasteiger charge is -2.36. The minimum absolute atomic E-state index is 0.105. The van der Waals surface area contributed by atoms with Gasteiger partial charge in [0.05, 0.1) is 11.8 Å². The van der Waals surface area contributed by atoms with Crippen LogP contribution in [0.15, 0.2) is 6.07 Å². The molecule has 0 fully saturated rings. The normalized spacial score (nSPS) is 15.3. The van der Waals surface area contributed by atoms with E-state index < -0.39 is 0 Å². The molecule has 0 radical (unpaired) electrons. The first kappa shape index (κ1) is 17.2. The van der Waals surface area contributed by atoms with E-state index in [-0.39, 0.29) is 11.5 Å². The number of ether oxygens (including phenoxy) is 1. The van der Waals surface area contributed by atoms with Crippen LogP contribution in [0.1, 0.15) is 45.5 Å². The van der Waals surface area contributed by atoms with Crippen LogP contribution >= 0.6 is 0 Å². The number of rotatable bonds is 7. The summed E-state index contributed by atoms with van der Waals surface area (Å²) in [4.78, 5) is 0. The SMILES string of the molecule is CCCNC(Cc1cc(C)nn1C)C(OC)C(C)(C)C. The Hall–Kier alpha value is -0.870. The van der Waals surface area contributed by atoms with Crippen LogP contribution in [-0.4, -0.2) is 35.6 Å². The number of nitrogens with one attached hydrogen (secondary N) is 1. The highest BCUT2D eigenvalue weighted by molar-refractivity contribution is 5.11. The molecule has 1 aromatic heterocycles. The summed E-state index contributed by atoms with van der Waals surface area (Å²) >= 11 is 0. The molecule has 4 heteroatoms. The highest BCUT2D eigenvalue weighted by atomic mass is 16.5. The minimum atomic E-state index is 0.105. The molecular formula is C16H31N3O. The maximum Gasteiger partial charge on any atom is 0.0776 e. The van der Waals surface area contributed by atoms with Crippen molar-refractivity contribution < 1.29 is 4.74 Å². The van der Waals surface area contributed by atoms with Gasteiger partial charge < -0.3 is 10.1 Å². The van der Waals surface area contributed by atoms with Gasteiger partial charge in [-0.3, -0.25) is 4.68 Å². The van der Waals surface area contributed by atoms with E-state index in [0.29, 0.717) is 6.04 Å². The fourth-order valence-corrected chi connectivity index (χ4v) is 2.82. The highest BCUT2D eigenvalue weighted by Gasteiger charge is 2.32. The molecule has 20 heavy (non-hydrogen) atoms. The summed E-state index contributed by atoms with van der Waals surface area (Å²) in [6, 6.07) is 2.46. The molecular weight excluding hydrogens is 250 g/mol. The van der Waals surface area contributed by atoms with Crippen LogP contribution in [0.2, 0.25) is 0 Å². The van der Waals surface area contributed by atoms with Crippen LogP contribution in [-0.2, 0) is 18.2 Å². The topological polar surface area (TPSA) is 39.1 Å². The molecule has 116 valence electrons. The van der Waals surface area contributed by atoms with Crippen molar-refractivity contribution in [3.8, 4) is 0 Å². The van der Waals surface area contributed by atoms with Gasteiger partial charge in [-0.1, -0.05) is 27.7 Å². The quantitative estimate of drug-likeness (QED) is 0.835. The minimum Gasteiger partial charge on any atom is -0.379 e. The number of nitrogens with zero attached hydrogens (tertiary/aromatic N) is 2. The van der Waals surface area contributed by atoms with E-state index in [9.17, 15) is 0 Å². The molecule has 1 rings (SSSR count).